The van der Waals surface area contributed by atoms with Crippen LogP contribution in [-0.2, 0) is 24.7 Å². The van der Waals surface area contributed by atoms with Gasteiger partial charge in [0.25, 0.3) is 0 Å². The summed E-state index contributed by atoms with van der Waals surface area (Å²) in [5, 5.41) is 8.24. The molecule has 0 spiro atoms. The predicted octanol–water partition coefficient (Wildman–Crippen LogP) is 4.75. The number of carbonyl (C=O) groups is 1. The number of aromatic nitrogens is 5. The van der Waals surface area contributed by atoms with Gasteiger partial charge in [-0.3, -0.25) is 9.48 Å². The fourth-order valence-corrected chi connectivity index (χ4v) is 5.11. The molecular weight excluding hydrogens is 468 g/mol. The lowest BCUT2D eigenvalue weighted by atomic mass is 9.96. The van der Waals surface area contributed by atoms with Crippen LogP contribution in [-0.4, -0.2) is 37.2 Å². The highest BCUT2D eigenvalue weighted by Crippen LogP contribution is 2.37. The highest BCUT2D eigenvalue weighted by molar-refractivity contribution is 5.93. The van der Waals surface area contributed by atoms with Gasteiger partial charge in [-0.25, -0.2) is 9.97 Å². The molecule has 7 rings (SSSR count). The Balaban J connectivity index is 1.12. The number of nitrogens with zero attached hydrogens (tertiary/aromatic N) is 4. The lowest BCUT2D eigenvalue weighted by molar-refractivity contribution is -0.116. The Hall–Kier alpha value is -4.66. The van der Waals surface area contributed by atoms with Gasteiger partial charge in [-0.15, -0.1) is 0 Å². The Morgan fingerprint density at radius 3 is 3.03 bits per heavy atom. The standard InChI is InChI=1S/C28H24N6O3/c1-34-23-5-2-16(10-18(23)13-31-34)22-14-30-27(32-22)19-11-17-12-20(3-6-24(17)36-15-19)37-25-8-9-29-28-21(25)4-7-26(35)33-28/h2-3,5-6,8-10,12-14,19H,4,7,11,15H2,1H3,(H,30,32)(H,29,33,35). The van der Waals surface area contributed by atoms with E-state index in [-0.39, 0.29) is 11.8 Å². The number of imidazole rings is 1. The molecule has 2 aromatic carbocycles. The number of hydrogen-bond acceptors (Lipinski definition) is 6. The smallest absolute Gasteiger partial charge is 0.225 e. The molecule has 0 radical (unpaired) electrons. The van der Waals surface area contributed by atoms with E-state index in [1.165, 1.54) is 0 Å². The number of benzene rings is 2. The van der Waals surface area contributed by atoms with Crippen molar-refractivity contribution in [3.8, 4) is 28.5 Å². The molecule has 1 amide bonds. The normalized spacial score (nSPS) is 16.6. The van der Waals surface area contributed by atoms with Crippen LogP contribution in [0, 0.1) is 0 Å². The molecular formula is C28H24N6O3. The first kappa shape index (κ1) is 21.6. The van der Waals surface area contributed by atoms with E-state index in [1.54, 1.807) is 6.20 Å². The van der Waals surface area contributed by atoms with Crippen LogP contribution in [0.2, 0.25) is 0 Å². The average molecular weight is 493 g/mol. The molecule has 1 unspecified atom stereocenters. The van der Waals surface area contributed by atoms with Gasteiger partial charge in [0.2, 0.25) is 5.91 Å². The first-order valence-electron chi connectivity index (χ1n) is 12.3. The van der Waals surface area contributed by atoms with Crippen molar-refractivity contribution in [2.24, 2.45) is 7.05 Å². The van der Waals surface area contributed by atoms with Crippen molar-refractivity contribution >= 4 is 22.6 Å². The molecule has 5 aromatic rings. The number of fused-ring (bicyclic) bond motifs is 3. The van der Waals surface area contributed by atoms with E-state index in [1.807, 2.05) is 48.4 Å². The Morgan fingerprint density at radius 1 is 1.14 bits per heavy atom. The van der Waals surface area contributed by atoms with Crippen LogP contribution in [0.4, 0.5) is 5.82 Å². The van der Waals surface area contributed by atoms with Crippen molar-refractivity contribution in [1.29, 1.82) is 0 Å². The van der Waals surface area contributed by atoms with Crippen LogP contribution in [0.3, 0.4) is 0 Å². The van der Waals surface area contributed by atoms with E-state index in [0.717, 1.165) is 57.0 Å². The second-order valence-electron chi connectivity index (χ2n) is 9.48. The van der Waals surface area contributed by atoms with Crippen LogP contribution in [0.25, 0.3) is 22.2 Å². The third-order valence-electron chi connectivity index (χ3n) is 7.07. The van der Waals surface area contributed by atoms with E-state index < -0.39 is 0 Å². The van der Waals surface area contributed by atoms with E-state index >= 15 is 0 Å². The fraction of sp³-hybridized carbons (Fsp3) is 0.214. The SMILES string of the molecule is Cn1ncc2cc(-c3c[nH]c(C4COc5ccc(Oc6ccnc7c6CCC(=O)N7)cc5C4)n3)ccc21. The summed E-state index contributed by atoms with van der Waals surface area (Å²) in [6.07, 6.45) is 7.29. The summed E-state index contributed by atoms with van der Waals surface area (Å²) in [7, 11) is 1.94. The van der Waals surface area contributed by atoms with Crippen molar-refractivity contribution in [2.75, 3.05) is 11.9 Å². The van der Waals surface area contributed by atoms with Crippen molar-refractivity contribution in [3.63, 3.8) is 0 Å². The van der Waals surface area contributed by atoms with Gasteiger partial charge in [-0.05, 0) is 54.8 Å². The van der Waals surface area contributed by atoms with Gasteiger partial charge in [-0.2, -0.15) is 5.10 Å². The summed E-state index contributed by atoms with van der Waals surface area (Å²) in [6.45, 7) is 0.555. The molecule has 37 heavy (non-hydrogen) atoms. The lowest BCUT2D eigenvalue weighted by Crippen LogP contribution is -2.20. The fourth-order valence-electron chi connectivity index (χ4n) is 5.11. The van der Waals surface area contributed by atoms with Gasteiger partial charge in [0, 0.05) is 42.4 Å². The summed E-state index contributed by atoms with van der Waals surface area (Å²) in [6, 6.07) is 14.0. The topological polar surface area (TPSA) is 107 Å². The predicted molar refractivity (Wildman–Crippen MR) is 138 cm³/mol. The zero-order chi connectivity index (χ0) is 24.9. The van der Waals surface area contributed by atoms with Crippen molar-refractivity contribution in [2.45, 2.75) is 25.2 Å². The number of rotatable bonds is 4. The van der Waals surface area contributed by atoms with Crippen molar-refractivity contribution < 1.29 is 14.3 Å². The second-order valence-corrected chi connectivity index (χ2v) is 9.48. The molecule has 9 nitrogen and oxygen atoms in total. The number of hydrogen-bond donors (Lipinski definition) is 2. The summed E-state index contributed by atoms with van der Waals surface area (Å²) >= 11 is 0. The van der Waals surface area contributed by atoms with E-state index in [9.17, 15) is 4.79 Å². The second kappa shape index (κ2) is 8.48. The lowest BCUT2D eigenvalue weighted by Gasteiger charge is -2.25. The molecule has 3 aromatic heterocycles. The Morgan fingerprint density at radius 2 is 2.08 bits per heavy atom. The largest absolute Gasteiger partial charge is 0.493 e. The minimum Gasteiger partial charge on any atom is -0.493 e. The first-order valence-corrected chi connectivity index (χ1v) is 12.3. The Bertz CT molecular complexity index is 1670. The number of aromatic amines is 1. The third kappa shape index (κ3) is 3.88. The summed E-state index contributed by atoms with van der Waals surface area (Å²) in [5.41, 5.74) is 5.03. The Labute approximate surface area is 212 Å². The van der Waals surface area contributed by atoms with E-state index in [4.69, 9.17) is 14.5 Å². The first-order chi connectivity index (χ1) is 18.1. The average Bonchev–Trinajstić information content (AvgIpc) is 3.55. The quantitative estimate of drug-likeness (QED) is 0.375. The summed E-state index contributed by atoms with van der Waals surface area (Å²) in [4.78, 5) is 24.3. The van der Waals surface area contributed by atoms with Gasteiger partial charge < -0.3 is 19.8 Å². The minimum atomic E-state index is -0.0205. The number of carbonyl (C=O) groups excluding carboxylic acids is 1. The summed E-state index contributed by atoms with van der Waals surface area (Å²) in [5.74, 6) is 3.85. The van der Waals surface area contributed by atoms with Gasteiger partial charge in [-0.1, -0.05) is 6.07 Å². The highest BCUT2D eigenvalue weighted by Gasteiger charge is 2.25. The van der Waals surface area contributed by atoms with Crippen molar-refractivity contribution in [3.05, 3.63) is 78.0 Å². The number of anilines is 1. The molecule has 0 aliphatic carbocycles. The van der Waals surface area contributed by atoms with E-state index in [0.29, 0.717) is 31.0 Å². The molecule has 9 heteroatoms. The highest BCUT2D eigenvalue weighted by atomic mass is 16.5. The van der Waals surface area contributed by atoms with Crippen molar-refractivity contribution in [1.82, 2.24) is 24.7 Å². The van der Waals surface area contributed by atoms with Crippen LogP contribution in [0.1, 0.15) is 29.3 Å². The number of nitrogens with one attached hydrogen (secondary N) is 2. The molecule has 2 aliphatic heterocycles. The minimum absolute atomic E-state index is 0.0205. The molecule has 184 valence electrons. The molecule has 5 heterocycles. The van der Waals surface area contributed by atoms with E-state index in [2.05, 4.69) is 38.6 Å². The molecule has 0 saturated heterocycles. The molecule has 2 N–H and O–H groups in total. The van der Waals surface area contributed by atoms with Gasteiger partial charge >= 0.3 is 0 Å². The number of amides is 1. The third-order valence-corrected chi connectivity index (χ3v) is 7.07. The van der Waals surface area contributed by atoms with Gasteiger partial charge in [0.1, 0.15) is 28.9 Å². The zero-order valence-corrected chi connectivity index (χ0v) is 20.2. The number of H-pyrrole nitrogens is 1. The maximum absolute atomic E-state index is 11.7. The maximum Gasteiger partial charge on any atom is 0.225 e. The van der Waals surface area contributed by atoms with Crippen LogP contribution < -0.4 is 14.8 Å². The molecule has 0 saturated carbocycles. The molecule has 1 atom stereocenters. The molecule has 2 aliphatic rings. The summed E-state index contributed by atoms with van der Waals surface area (Å²) < 4.78 is 14.2. The monoisotopic (exact) mass is 492 g/mol. The van der Waals surface area contributed by atoms with Gasteiger partial charge in [0.05, 0.1) is 29.9 Å². The zero-order valence-electron chi connectivity index (χ0n) is 20.2. The van der Waals surface area contributed by atoms with Gasteiger partial charge in [0.15, 0.2) is 0 Å². The number of ether oxygens (including phenoxy) is 2. The number of pyridine rings is 1. The maximum atomic E-state index is 11.7. The Kier molecular flexibility index (Phi) is 4.95. The van der Waals surface area contributed by atoms with Crippen LogP contribution >= 0.6 is 0 Å². The number of aryl methyl sites for hydroxylation is 1. The molecule has 0 fully saturated rings. The molecule has 0 bridgehead atoms. The van der Waals surface area contributed by atoms with Crippen LogP contribution in [0.5, 0.6) is 17.2 Å². The van der Waals surface area contributed by atoms with Crippen LogP contribution in [0.15, 0.2) is 61.1 Å².